The third kappa shape index (κ3) is 2.04. The zero-order chi connectivity index (χ0) is 11.6. The summed E-state index contributed by atoms with van der Waals surface area (Å²) in [5, 5.41) is 9.61. The van der Waals surface area contributed by atoms with Crippen molar-refractivity contribution in [2.45, 2.75) is 62.9 Å². The number of hydrogen-bond acceptors (Lipinski definition) is 3. The van der Waals surface area contributed by atoms with Gasteiger partial charge >= 0.3 is 0 Å². The molecule has 2 rings (SSSR count). The summed E-state index contributed by atoms with van der Waals surface area (Å²) in [6, 6.07) is 0. The molecular weight excluding hydrogens is 204 g/mol. The molecule has 16 heavy (non-hydrogen) atoms. The minimum absolute atomic E-state index is 0.0394. The van der Waals surface area contributed by atoms with E-state index in [9.17, 15) is 5.11 Å². The average Bonchev–Trinajstić information content (AvgIpc) is 2.68. The molecule has 2 aliphatic heterocycles. The normalized spacial score (nSPS) is 43.0. The van der Waals surface area contributed by atoms with E-state index < -0.39 is 5.60 Å². The molecule has 0 aromatic heterocycles. The van der Waals surface area contributed by atoms with Gasteiger partial charge in [-0.25, -0.2) is 0 Å². The van der Waals surface area contributed by atoms with Gasteiger partial charge in [0.2, 0.25) is 0 Å². The van der Waals surface area contributed by atoms with Gasteiger partial charge in [-0.1, -0.05) is 19.4 Å². The maximum absolute atomic E-state index is 9.61. The van der Waals surface area contributed by atoms with Crippen LogP contribution >= 0.6 is 0 Å². The highest BCUT2D eigenvalue weighted by Gasteiger charge is 2.51. The Morgan fingerprint density at radius 2 is 2.31 bits per heavy atom. The molecule has 0 unspecified atom stereocenters. The number of hydrogen-bond donors (Lipinski definition) is 1. The first kappa shape index (κ1) is 12.1. The molecule has 3 heteroatoms. The van der Waals surface area contributed by atoms with Crippen molar-refractivity contribution in [1.29, 1.82) is 0 Å². The highest BCUT2D eigenvalue weighted by atomic mass is 16.6. The van der Waals surface area contributed by atoms with Crippen molar-refractivity contribution < 1.29 is 14.6 Å². The van der Waals surface area contributed by atoms with Gasteiger partial charge in [-0.15, -0.1) is 6.58 Å². The summed E-state index contributed by atoms with van der Waals surface area (Å²) in [6.45, 7) is 5.98. The van der Waals surface area contributed by atoms with E-state index >= 15 is 0 Å². The molecule has 3 nitrogen and oxygen atoms in total. The number of fused-ring (bicyclic) bond motifs is 1. The van der Waals surface area contributed by atoms with Crippen molar-refractivity contribution in [2.75, 3.05) is 6.61 Å². The number of aliphatic hydroxyl groups is 1. The maximum Gasteiger partial charge on any atom is 0.120 e. The van der Waals surface area contributed by atoms with E-state index in [1.807, 2.05) is 6.08 Å². The largest absolute Gasteiger partial charge is 0.393 e. The van der Waals surface area contributed by atoms with Gasteiger partial charge in [0.1, 0.15) is 5.60 Å². The van der Waals surface area contributed by atoms with Crippen LogP contribution in [0.1, 0.15) is 39.0 Å². The van der Waals surface area contributed by atoms with Crippen molar-refractivity contribution in [3.05, 3.63) is 12.7 Å². The second-order valence-corrected chi connectivity index (χ2v) is 4.93. The number of ether oxygens (including phenoxy) is 2. The Bertz CT molecular complexity index is 254. The van der Waals surface area contributed by atoms with Crippen LogP contribution in [0.15, 0.2) is 12.7 Å². The van der Waals surface area contributed by atoms with Gasteiger partial charge in [-0.2, -0.15) is 0 Å². The lowest BCUT2D eigenvalue weighted by Crippen LogP contribution is -2.51. The van der Waals surface area contributed by atoms with E-state index in [2.05, 4.69) is 13.5 Å². The molecule has 2 aliphatic rings. The maximum atomic E-state index is 9.61. The minimum atomic E-state index is -0.461. The van der Waals surface area contributed by atoms with E-state index in [0.29, 0.717) is 6.10 Å². The lowest BCUT2D eigenvalue weighted by molar-refractivity contribution is -0.183. The summed E-state index contributed by atoms with van der Waals surface area (Å²) in [5.74, 6) is 0. The zero-order valence-electron chi connectivity index (χ0n) is 10.0. The van der Waals surface area contributed by atoms with Crippen LogP contribution in [0.25, 0.3) is 0 Å². The molecule has 0 aliphatic carbocycles. The summed E-state index contributed by atoms with van der Waals surface area (Å²) in [5.41, 5.74) is -0.461. The van der Waals surface area contributed by atoms with Crippen LogP contribution in [0.5, 0.6) is 0 Å². The molecule has 4 atom stereocenters. The average molecular weight is 226 g/mol. The Hall–Kier alpha value is -0.380. The summed E-state index contributed by atoms with van der Waals surface area (Å²) in [7, 11) is 0. The van der Waals surface area contributed by atoms with E-state index in [4.69, 9.17) is 9.47 Å². The summed E-state index contributed by atoms with van der Waals surface area (Å²) in [4.78, 5) is 0. The lowest BCUT2D eigenvalue weighted by atomic mass is 9.86. The molecule has 2 saturated heterocycles. The van der Waals surface area contributed by atoms with Crippen molar-refractivity contribution in [1.82, 2.24) is 0 Å². The van der Waals surface area contributed by atoms with Crippen LogP contribution in [-0.2, 0) is 9.47 Å². The molecule has 0 aromatic carbocycles. The first-order chi connectivity index (χ1) is 7.74. The minimum Gasteiger partial charge on any atom is -0.393 e. The molecule has 0 bridgehead atoms. The van der Waals surface area contributed by atoms with Crippen LogP contribution < -0.4 is 0 Å². The van der Waals surface area contributed by atoms with Gasteiger partial charge in [-0.05, 0) is 19.3 Å². The van der Waals surface area contributed by atoms with Gasteiger partial charge in [0.05, 0.1) is 24.9 Å². The monoisotopic (exact) mass is 226 g/mol. The van der Waals surface area contributed by atoms with Crippen LogP contribution in [0, 0.1) is 0 Å². The van der Waals surface area contributed by atoms with Crippen molar-refractivity contribution in [3.8, 4) is 0 Å². The topological polar surface area (TPSA) is 38.7 Å². The quantitative estimate of drug-likeness (QED) is 0.746. The Labute approximate surface area is 97.4 Å². The first-order valence-electron chi connectivity index (χ1n) is 6.30. The van der Waals surface area contributed by atoms with Crippen LogP contribution in [0.4, 0.5) is 0 Å². The number of rotatable bonds is 4. The fourth-order valence-electron chi connectivity index (χ4n) is 2.91. The summed E-state index contributed by atoms with van der Waals surface area (Å²) in [6.07, 6.45) is 7.19. The van der Waals surface area contributed by atoms with Gasteiger partial charge in [-0.3, -0.25) is 0 Å². The van der Waals surface area contributed by atoms with E-state index in [1.54, 1.807) is 0 Å². The fraction of sp³-hybridized carbons (Fsp3) is 0.846. The first-order valence-corrected chi connectivity index (χ1v) is 6.30. The summed E-state index contributed by atoms with van der Waals surface area (Å²) >= 11 is 0. The van der Waals surface area contributed by atoms with Crippen molar-refractivity contribution >= 4 is 0 Å². The fourth-order valence-corrected chi connectivity index (χ4v) is 2.91. The van der Waals surface area contributed by atoms with Gasteiger partial charge in [0, 0.05) is 6.42 Å². The number of aliphatic hydroxyl groups excluding tert-OH is 1. The highest BCUT2D eigenvalue weighted by Crippen LogP contribution is 2.42. The zero-order valence-corrected chi connectivity index (χ0v) is 10.0. The molecule has 2 fully saturated rings. The van der Waals surface area contributed by atoms with Gasteiger partial charge in [0.25, 0.3) is 0 Å². The third-order valence-corrected chi connectivity index (χ3v) is 3.77. The Kier molecular flexibility index (Phi) is 3.67. The second-order valence-electron chi connectivity index (χ2n) is 4.93. The molecule has 0 spiro atoms. The molecule has 0 aromatic rings. The highest BCUT2D eigenvalue weighted by molar-refractivity contribution is 5.04. The van der Waals surface area contributed by atoms with E-state index in [-0.39, 0.29) is 18.8 Å². The third-order valence-electron chi connectivity index (χ3n) is 3.77. The van der Waals surface area contributed by atoms with Crippen molar-refractivity contribution in [3.63, 3.8) is 0 Å². The van der Waals surface area contributed by atoms with Crippen LogP contribution in [0.2, 0.25) is 0 Å². The second kappa shape index (κ2) is 4.86. The molecule has 0 radical (unpaired) electrons. The van der Waals surface area contributed by atoms with Crippen LogP contribution in [0.3, 0.4) is 0 Å². The standard InChI is InChI=1S/C13H22O3/c1-3-5-11-6-7-12-13(9-14,16-11)8-10(4-2)15-12/h4,10-12,14H,2-3,5-9H2,1H3/t10-,11-,12-,13+/m0/s1. The predicted molar refractivity (Wildman–Crippen MR) is 62.3 cm³/mol. The molecule has 0 amide bonds. The predicted octanol–water partition coefficient (Wildman–Crippen LogP) is 2.04. The van der Waals surface area contributed by atoms with E-state index in [0.717, 1.165) is 32.1 Å². The van der Waals surface area contributed by atoms with Crippen LogP contribution in [-0.4, -0.2) is 35.6 Å². The summed E-state index contributed by atoms with van der Waals surface area (Å²) < 4.78 is 11.9. The van der Waals surface area contributed by atoms with Crippen molar-refractivity contribution in [2.24, 2.45) is 0 Å². The Morgan fingerprint density at radius 3 is 2.94 bits per heavy atom. The van der Waals surface area contributed by atoms with Gasteiger partial charge in [0.15, 0.2) is 0 Å². The Balaban J connectivity index is 2.07. The molecular formula is C13H22O3. The van der Waals surface area contributed by atoms with E-state index in [1.165, 1.54) is 0 Å². The molecule has 1 N–H and O–H groups in total. The SMILES string of the molecule is C=C[C@H]1C[C@]2(CO)O[C@@H](CCC)CC[C@@H]2O1. The molecule has 2 heterocycles. The molecule has 0 saturated carbocycles. The Morgan fingerprint density at radius 1 is 1.50 bits per heavy atom. The molecule has 92 valence electrons. The van der Waals surface area contributed by atoms with Gasteiger partial charge < -0.3 is 14.6 Å². The lowest BCUT2D eigenvalue weighted by Gasteiger charge is -2.40. The smallest absolute Gasteiger partial charge is 0.120 e.